The van der Waals surface area contributed by atoms with Gasteiger partial charge >= 0.3 is 0 Å². The zero-order valence-electron chi connectivity index (χ0n) is 13.0. The number of halogens is 1. The van der Waals surface area contributed by atoms with Crippen LogP contribution in [0.25, 0.3) is 0 Å². The number of rotatable bonds is 5. The molecule has 2 heterocycles. The summed E-state index contributed by atoms with van der Waals surface area (Å²) in [6.07, 6.45) is 2.46. The molecule has 0 radical (unpaired) electrons. The van der Waals surface area contributed by atoms with Gasteiger partial charge in [0.05, 0.1) is 5.60 Å². The van der Waals surface area contributed by atoms with E-state index in [4.69, 9.17) is 16.3 Å². The van der Waals surface area contributed by atoms with Gasteiger partial charge in [-0.25, -0.2) is 0 Å². The Labute approximate surface area is 132 Å². The van der Waals surface area contributed by atoms with E-state index in [0.717, 1.165) is 37.8 Å². The molecule has 0 bridgehead atoms. The molecule has 0 N–H and O–H groups in total. The molecule has 0 aromatic heterocycles. The van der Waals surface area contributed by atoms with Crippen molar-refractivity contribution in [2.75, 3.05) is 40.3 Å². The van der Waals surface area contributed by atoms with Crippen molar-refractivity contribution in [1.82, 2.24) is 9.80 Å². The van der Waals surface area contributed by atoms with E-state index in [1.807, 2.05) is 12.1 Å². The van der Waals surface area contributed by atoms with Gasteiger partial charge in [-0.2, -0.15) is 0 Å². The second kappa shape index (κ2) is 6.25. The standard InChI is InChI=1S/C17H25ClN2O/c1-19(2)9-7-15-8-10-21-17(15)12-20(13-17)11-14-5-3-4-6-16(14)18/h3-6,15H,7-13H2,1-2H3/t15-/m1/s1. The van der Waals surface area contributed by atoms with Crippen LogP contribution in [0.15, 0.2) is 24.3 Å². The summed E-state index contributed by atoms with van der Waals surface area (Å²) < 4.78 is 6.13. The first-order chi connectivity index (χ1) is 10.1. The first-order valence-electron chi connectivity index (χ1n) is 7.83. The fraction of sp³-hybridized carbons (Fsp3) is 0.647. The van der Waals surface area contributed by atoms with Crippen LogP contribution in [-0.2, 0) is 11.3 Å². The number of hydrogen-bond donors (Lipinski definition) is 0. The lowest BCUT2D eigenvalue weighted by Gasteiger charge is -2.50. The van der Waals surface area contributed by atoms with Gasteiger partial charge in [-0.1, -0.05) is 29.8 Å². The quantitative estimate of drug-likeness (QED) is 0.832. The molecule has 0 unspecified atom stereocenters. The van der Waals surface area contributed by atoms with Crippen molar-refractivity contribution in [2.45, 2.75) is 25.0 Å². The van der Waals surface area contributed by atoms with Gasteiger partial charge in [0.2, 0.25) is 0 Å². The Kier molecular flexibility index (Phi) is 4.55. The van der Waals surface area contributed by atoms with E-state index in [0.29, 0.717) is 5.92 Å². The summed E-state index contributed by atoms with van der Waals surface area (Å²) in [4.78, 5) is 4.72. The van der Waals surface area contributed by atoms with Gasteiger partial charge in [0.15, 0.2) is 0 Å². The summed E-state index contributed by atoms with van der Waals surface area (Å²) >= 11 is 6.25. The highest BCUT2D eigenvalue weighted by Gasteiger charge is 2.52. The lowest BCUT2D eigenvalue weighted by molar-refractivity contribution is -0.137. The summed E-state index contributed by atoms with van der Waals surface area (Å²) in [5.74, 6) is 0.711. The molecule has 0 aliphatic carbocycles. The summed E-state index contributed by atoms with van der Waals surface area (Å²) in [7, 11) is 4.29. The van der Waals surface area contributed by atoms with Crippen LogP contribution in [0.1, 0.15) is 18.4 Å². The Bertz CT molecular complexity index is 485. The third kappa shape index (κ3) is 3.26. The lowest BCUT2D eigenvalue weighted by atomic mass is 9.78. The SMILES string of the molecule is CN(C)CC[C@@H]1CCOC12CN(Cc1ccccc1Cl)C2. The van der Waals surface area contributed by atoms with Crippen LogP contribution in [-0.4, -0.2) is 55.7 Å². The summed E-state index contributed by atoms with van der Waals surface area (Å²) in [5.41, 5.74) is 1.34. The smallest absolute Gasteiger partial charge is 0.0964 e. The predicted molar refractivity (Wildman–Crippen MR) is 86.7 cm³/mol. The minimum atomic E-state index is 0.122. The summed E-state index contributed by atoms with van der Waals surface area (Å²) in [6.45, 7) is 5.12. The average molecular weight is 309 g/mol. The molecule has 21 heavy (non-hydrogen) atoms. The van der Waals surface area contributed by atoms with Gasteiger partial charge in [-0.3, -0.25) is 4.90 Å². The van der Waals surface area contributed by atoms with E-state index in [1.54, 1.807) is 0 Å². The Balaban J connectivity index is 1.55. The van der Waals surface area contributed by atoms with Crippen LogP contribution in [0.2, 0.25) is 5.02 Å². The number of ether oxygens (including phenoxy) is 1. The fourth-order valence-electron chi connectivity index (χ4n) is 3.65. The van der Waals surface area contributed by atoms with Crippen LogP contribution in [0, 0.1) is 5.92 Å². The maximum absolute atomic E-state index is 6.25. The first-order valence-corrected chi connectivity index (χ1v) is 8.21. The molecule has 1 atom stereocenters. The van der Waals surface area contributed by atoms with Crippen LogP contribution in [0.5, 0.6) is 0 Å². The molecule has 3 nitrogen and oxygen atoms in total. The zero-order chi connectivity index (χ0) is 14.9. The van der Waals surface area contributed by atoms with Gasteiger partial charge in [-0.05, 0) is 51.0 Å². The third-order valence-corrected chi connectivity index (χ3v) is 5.23. The molecule has 1 aromatic rings. The highest BCUT2D eigenvalue weighted by molar-refractivity contribution is 6.31. The highest BCUT2D eigenvalue weighted by atomic mass is 35.5. The molecule has 2 saturated heterocycles. The van der Waals surface area contributed by atoms with Gasteiger partial charge in [0.25, 0.3) is 0 Å². The van der Waals surface area contributed by atoms with Crippen molar-refractivity contribution in [3.05, 3.63) is 34.9 Å². The second-order valence-electron chi connectivity index (χ2n) is 6.73. The van der Waals surface area contributed by atoms with E-state index in [2.05, 4.69) is 36.0 Å². The second-order valence-corrected chi connectivity index (χ2v) is 7.13. The van der Waals surface area contributed by atoms with E-state index in [9.17, 15) is 0 Å². The summed E-state index contributed by atoms with van der Waals surface area (Å²) in [6, 6.07) is 8.13. The molecule has 1 aromatic carbocycles. The van der Waals surface area contributed by atoms with Crippen LogP contribution >= 0.6 is 11.6 Å². The maximum Gasteiger partial charge on any atom is 0.0964 e. The largest absolute Gasteiger partial charge is 0.372 e. The van der Waals surface area contributed by atoms with Crippen LogP contribution < -0.4 is 0 Å². The molecule has 4 heteroatoms. The molecule has 3 rings (SSSR count). The van der Waals surface area contributed by atoms with Crippen molar-refractivity contribution >= 4 is 11.6 Å². The predicted octanol–water partition coefficient (Wildman–Crippen LogP) is 2.88. The minimum Gasteiger partial charge on any atom is -0.372 e. The maximum atomic E-state index is 6.25. The monoisotopic (exact) mass is 308 g/mol. The van der Waals surface area contributed by atoms with E-state index in [1.165, 1.54) is 18.4 Å². The van der Waals surface area contributed by atoms with Crippen molar-refractivity contribution in [2.24, 2.45) is 5.92 Å². The van der Waals surface area contributed by atoms with Gasteiger partial charge in [0.1, 0.15) is 0 Å². The van der Waals surface area contributed by atoms with Crippen molar-refractivity contribution < 1.29 is 4.74 Å². The average Bonchev–Trinajstić information content (AvgIpc) is 2.82. The van der Waals surface area contributed by atoms with E-state index < -0.39 is 0 Å². The third-order valence-electron chi connectivity index (χ3n) is 4.86. The van der Waals surface area contributed by atoms with Crippen LogP contribution in [0.3, 0.4) is 0 Å². The summed E-state index contributed by atoms with van der Waals surface area (Å²) in [5, 5.41) is 0.870. The normalized spacial score (nSPS) is 24.7. The first kappa shape index (κ1) is 15.3. The number of likely N-dealkylation sites (tertiary alicyclic amines) is 1. The molecule has 2 aliphatic heterocycles. The Morgan fingerprint density at radius 1 is 1.33 bits per heavy atom. The Hall–Kier alpha value is -0.610. The Morgan fingerprint density at radius 2 is 2.10 bits per heavy atom. The molecule has 116 valence electrons. The molecule has 2 fully saturated rings. The minimum absolute atomic E-state index is 0.122. The van der Waals surface area contributed by atoms with Gasteiger partial charge in [0, 0.05) is 31.3 Å². The molecule has 0 saturated carbocycles. The van der Waals surface area contributed by atoms with Crippen molar-refractivity contribution in [3.8, 4) is 0 Å². The molecular weight excluding hydrogens is 284 g/mol. The molecule has 2 aliphatic rings. The molecule has 0 amide bonds. The fourth-order valence-corrected chi connectivity index (χ4v) is 3.84. The number of hydrogen-bond acceptors (Lipinski definition) is 3. The van der Waals surface area contributed by atoms with Gasteiger partial charge in [-0.15, -0.1) is 0 Å². The number of benzene rings is 1. The van der Waals surface area contributed by atoms with Crippen LogP contribution in [0.4, 0.5) is 0 Å². The van der Waals surface area contributed by atoms with Gasteiger partial charge < -0.3 is 9.64 Å². The van der Waals surface area contributed by atoms with E-state index in [-0.39, 0.29) is 5.60 Å². The highest BCUT2D eigenvalue weighted by Crippen LogP contribution is 2.42. The number of nitrogens with zero attached hydrogens (tertiary/aromatic N) is 2. The zero-order valence-corrected chi connectivity index (χ0v) is 13.8. The van der Waals surface area contributed by atoms with E-state index >= 15 is 0 Å². The Morgan fingerprint density at radius 3 is 2.81 bits per heavy atom. The van der Waals surface area contributed by atoms with Crippen molar-refractivity contribution in [3.63, 3.8) is 0 Å². The van der Waals surface area contributed by atoms with Crippen molar-refractivity contribution in [1.29, 1.82) is 0 Å². The molecule has 1 spiro atoms. The molecular formula is C17H25ClN2O. The topological polar surface area (TPSA) is 15.7 Å². The lowest BCUT2D eigenvalue weighted by Crippen LogP contribution is -2.64.